The predicted octanol–water partition coefficient (Wildman–Crippen LogP) is 2.54. The molecule has 2 amide bonds. The SMILES string of the molecule is NC(=O)C1CN(C(=O)C=Cc2ccc(S(=O)(=O)N3CCCCCC3)cc2)c2ccccc2O1. The number of fused-ring (bicyclic) bond motifs is 1. The summed E-state index contributed by atoms with van der Waals surface area (Å²) in [4.78, 5) is 26.2. The monoisotopic (exact) mass is 469 g/mol. The summed E-state index contributed by atoms with van der Waals surface area (Å²) in [6.07, 6.45) is 5.93. The highest BCUT2D eigenvalue weighted by Gasteiger charge is 2.31. The van der Waals surface area contributed by atoms with Gasteiger partial charge in [-0.25, -0.2) is 8.42 Å². The highest BCUT2D eigenvalue weighted by atomic mass is 32.2. The van der Waals surface area contributed by atoms with Crippen molar-refractivity contribution in [3.63, 3.8) is 0 Å². The zero-order chi connectivity index (χ0) is 23.4. The van der Waals surface area contributed by atoms with Crippen LogP contribution in [-0.2, 0) is 19.6 Å². The molecule has 33 heavy (non-hydrogen) atoms. The number of ether oxygens (including phenoxy) is 1. The van der Waals surface area contributed by atoms with Gasteiger partial charge in [0.05, 0.1) is 17.1 Å². The third-order valence-electron chi connectivity index (χ3n) is 5.86. The van der Waals surface area contributed by atoms with Crippen LogP contribution < -0.4 is 15.4 Å². The van der Waals surface area contributed by atoms with Crippen molar-refractivity contribution in [3.05, 3.63) is 60.2 Å². The number of benzene rings is 2. The van der Waals surface area contributed by atoms with E-state index in [0.717, 1.165) is 25.7 Å². The highest BCUT2D eigenvalue weighted by molar-refractivity contribution is 7.89. The van der Waals surface area contributed by atoms with Gasteiger partial charge in [-0.15, -0.1) is 0 Å². The van der Waals surface area contributed by atoms with E-state index in [1.54, 1.807) is 58.9 Å². The molecule has 0 bridgehead atoms. The number of hydrogen-bond acceptors (Lipinski definition) is 5. The molecule has 2 N–H and O–H groups in total. The molecule has 1 unspecified atom stereocenters. The van der Waals surface area contributed by atoms with Gasteiger partial charge in [0.2, 0.25) is 10.0 Å². The predicted molar refractivity (Wildman–Crippen MR) is 125 cm³/mol. The van der Waals surface area contributed by atoms with Gasteiger partial charge < -0.3 is 15.4 Å². The normalized spacial score (nSPS) is 19.5. The average molecular weight is 470 g/mol. The van der Waals surface area contributed by atoms with Gasteiger partial charge in [-0.2, -0.15) is 4.31 Å². The summed E-state index contributed by atoms with van der Waals surface area (Å²) < 4.78 is 33.0. The molecule has 2 aromatic rings. The van der Waals surface area contributed by atoms with E-state index in [9.17, 15) is 18.0 Å². The number of rotatable bonds is 5. The molecule has 2 heterocycles. The van der Waals surface area contributed by atoms with E-state index in [1.807, 2.05) is 0 Å². The van der Waals surface area contributed by atoms with Gasteiger partial charge in [0.15, 0.2) is 6.10 Å². The largest absolute Gasteiger partial charge is 0.477 e. The summed E-state index contributed by atoms with van der Waals surface area (Å²) in [5.41, 5.74) is 6.64. The van der Waals surface area contributed by atoms with Gasteiger partial charge in [0.1, 0.15) is 5.75 Å². The van der Waals surface area contributed by atoms with E-state index in [2.05, 4.69) is 0 Å². The molecule has 1 saturated heterocycles. The van der Waals surface area contributed by atoms with Crippen molar-refractivity contribution in [2.24, 2.45) is 5.73 Å². The van der Waals surface area contributed by atoms with Crippen LogP contribution in [0.15, 0.2) is 59.5 Å². The van der Waals surface area contributed by atoms with Crippen molar-refractivity contribution >= 4 is 33.6 Å². The van der Waals surface area contributed by atoms with Crippen LogP contribution in [-0.4, -0.2) is 50.3 Å². The minimum absolute atomic E-state index is 0.0164. The first-order chi connectivity index (χ1) is 15.9. The van der Waals surface area contributed by atoms with E-state index in [-0.39, 0.29) is 17.3 Å². The van der Waals surface area contributed by atoms with Gasteiger partial charge in [-0.1, -0.05) is 37.1 Å². The standard InChI is InChI=1S/C24H27N3O5S/c25-24(29)22-17-27(20-7-3-4-8-21(20)32-22)23(28)14-11-18-9-12-19(13-10-18)33(30,31)26-15-5-1-2-6-16-26/h3-4,7-14,22H,1-2,5-6,15-17H2,(H2,25,29). The number of para-hydroxylation sites is 2. The lowest BCUT2D eigenvalue weighted by atomic mass is 10.1. The zero-order valence-electron chi connectivity index (χ0n) is 18.2. The number of anilines is 1. The van der Waals surface area contributed by atoms with Crippen LogP contribution in [0, 0.1) is 0 Å². The first-order valence-electron chi connectivity index (χ1n) is 11.0. The molecule has 0 spiro atoms. The smallest absolute Gasteiger partial charge is 0.260 e. The maximum atomic E-state index is 12.9. The van der Waals surface area contributed by atoms with E-state index in [4.69, 9.17) is 10.5 Å². The zero-order valence-corrected chi connectivity index (χ0v) is 19.0. The van der Waals surface area contributed by atoms with Crippen molar-refractivity contribution in [1.82, 2.24) is 4.31 Å². The molecule has 9 heteroatoms. The molecule has 0 aromatic heterocycles. The summed E-state index contributed by atoms with van der Waals surface area (Å²) in [6, 6.07) is 13.4. The first-order valence-corrected chi connectivity index (χ1v) is 12.4. The average Bonchev–Trinajstić information content (AvgIpc) is 3.12. The Labute approximate surface area is 193 Å². The molecular formula is C24H27N3O5S. The highest BCUT2D eigenvalue weighted by Crippen LogP contribution is 2.33. The third-order valence-corrected chi connectivity index (χ3v) is 7.77. The van der Waals surface area contributed by atoms with Gasteiger partial charge >= 0.3 is 0 Å². The lowest BCUT2D eigenvalue weighted by Crippen LogP contribution is -2.49. The second kappa shape index (κ2) is 9.76. The number of carbonyl (C=O) groups excluding carboxylic acids is 2. The molecule has 2 aromatic carbocycles. The molecule has 1 fully saturated rings. The van der Waals surface area contributed by atoms with Crippen LogP contribution >= 0.6 is 0 Å². The number of nitrogens with zero attached hydrogens (tertiary/aromatic N) is 2. The molecule has 174 valence electrons. The molecule has 2 aliphatic rings. The number of primary amides is 1. The molecular weight excluding hydrogens is 442 g/mol. The third kappa shape index (κ3) is 5.09. The Kier molecular flexibility index (Phi) is 6.80. The second-order valence-corrected chi connectivity index (χ2v) is 10.1. The van der Waals surface area contributed by atoms with Crippen molar-refractivity contribution in [2.75, 3.05) is 24.5 Å². The van der Waals surface area contributed by atoms with Crippen LogP contribution in [0.25, 0.3) is 6.08 Å². The molecule has 1 atom stereocenters. The number of carbonyl (C=O) groups is 2. The molecule has 0 saturated carbocycles. The maximum absolute atomic E-state index is 12.9. The molecule has 0 radical (unpaired) electrons. The van der Waals surface area contributed by atoms with Crippen LogP contribution in [0.4, 0.5) is 5.69 Å². The van der Waals surface area contributed by atoms with Crippen molar-refractivity contribution in [2.45, 2.75) is 36.7 Å². The summed E-state index contributed by atoms with van der Waals surface area (Å²) >= 11 is 0. The Morgan fingerprint density at radius 1 is 0.970 bits per heavy atom. The summed E-state index contributed by atoms with van der Waals surface area (Å²) in [7, 11) is -3.52. The summed E-state index contributed by atoms with van der Waals surface area (Å²) in [6.45, 7) is 1.11. The van der Waals surface area contributed by atoms with Crippen LogP contribution in [0.5, 0.6) is 5.75 Å². The Morgan fingerprint density at radius 2 is 1.64 bits per heavy atom. The lowest BCUT2D eigenvalue weighted by molar-refractivity contribution is -0.125. The molecule has 0 aliphatic carbocycles. The number of nitrogens with two attached hydrogens (primary N) is 1. The fourth-order valence-electron chi connectivity index (χ4n) is 4.03. The number of amides is 2. The molecule has 4 rings (SSSR count). The fraction of sp³-hybridized carbons (Fsp3) is 0.333. The minimum atomic E-state index is -3.52. The Bertz CT molecular complexity index is 1150. The Morgan fingerprint density at radius 3 is 2.30 bits per heavy atom. The van der Waals surface area contributed by atoms with Gasteiger partial charge in [0.25, 0.3) is 11.8 Å². The Balaban J connectivity index is 1.49. The summed E-state index contributed by atoms with van der Waals surface area (Å²) in [5, 5.41) is 0. The molecule has 8 nitrogen and oxygen atoms in total. The molecule has 2 aliphatic heterocycles. The van der Waals surface area contributed by atoms with E-state index in [1.165, 1.54) is 11.0 Å². The lowest BCUT2D eigenvalue weighted by Gasteiger charge is -2.32. The van der Waals surface area contributed by atoms with Crippen molar-refractivity contribution in [3.8, 4) is 5.75 Å². The van der Waals surface area contributed by atoms with Gasteiger partial charge in [-0.3, -0.25) is 9.59 Å². The topological polar surface area (TPSA) is 110 Å². The van der Waals surface area contributed by atoms with Gasteiger partial charge in [-0.05, 0) is 48.7 Å². The second-order valence-electron chi connectivity index (χ2n) is 8.15. The first kappa shape index (κ1) is 23.0. The number of hydrogen-bond donors (Lipinski definition) is 1. The fourth-order valence-corrected chi connectivity index (χ4v) is 5.55. The Hall–Kier alpha value is -3.17. The van der Waals surface area contributed by atoms with Crippen molar-refractivity contribution < 1.29 is 22.7 Å². The maximum Gasteiger partial charge on any atom is 0.260 e. The van der Waals surface area contributed by atoms with Crippen LogP contribution in [0.3, 0.4) is 0 Å². The van der Waals surface area contributed by atoms with E-state index in [0.29, 0.717) is 30.1 Å². The number of sulfonamides is 1. The minimum Gasteiger partial charge on any atom is -0.477 e. The van der Waals surface area contributed by atoms with E-state index >= 15 is 0 Å². The van der Waals surface area contributed by atoms with E-state index < -0.39 is 22.0 Å². The summed E-state index contributed by atoms with van der Waals surface area (Å²) in [5.74, 6) is -0.567. The van der Waals surface area contributed by atoms with Crippen molar-refractivity contribution in [1.29, 1.82) is 0 Å². The van der Waals surface area contributed by atoms with Gasteiger partial charge in [0, 0.05) is 19.2 Å². The van der Waals surface area contributed by atoms with Crippen LogP contribution in [0.2, 0.25) is 0 Å². The van der Waals surface area contributed by atoms with Crippen LogP contribution in [0.1, 0.15) is 31.2 Å². The quantitative estimate of drug-likeness (QED) is 0.677.